The largest absolute Gasteiger partial charge is 0.379 e. The summed E-state index contributed by atoms with van der Waals surface area (Å²) in [6.07, 6.45) is 3.04. The molecular weight excluding hydrogens is 310 g/mol. The Bertz CT molecular complexity index is 422. The zero-order chi connectivity index (χ0) is 13.5. The predicted octanol–water partition coefficient (Wildman–Crippen LogP) is 1.89. The van der Waals surface area contributed by atoms with E-state index in [1.807, 2.05) is 6.07 Å². The zero-order valence-electron chi connectivity index (χ0n) is 10.8. The molecule has 1 aromatic heterocycles. The first-order valence-corrected chi connectivity index (χ1v) is 7.25. The Balaban J connectivity index is 1.67. The van der Waals surface area contributed by atoms with E-state index < -0.39 is 0 Å². The van der Waals surface area contributed by atoms with Crippen LogP contribution in [0.15, 0.2) is 22.8 Å². The van der Waals surface area contributed by atoms with Crippen LogP contribution >= 0.6 is 15.9 Å². The third-order valence-corrected chi connectivity index (χ3v) is 3.46. The quantitative estimate of drug-likeness (QED) is 0.897. The highest BCUT2D eigenvalue weighted by molar-refractivity contribution is 9.10. The van der Waals surface area contributed by atoms with Gasteiger partial charge in [0.05, 0.1) is 13.2 Å². The van der Waals surface area contributed by atoms with Crippen molar-refractivity contribution in [3.63, 3.8) is 0 Å². The molecule has 1 fully saturated rings. The molecule has 1 saturated heterocycles. The molecule has 0 aliphatic carbocycles. The summed E-state index contributed by atoms with van der Waals surface area (Å²) in [6.45, 7) is 4.48. The number of pyridine rings is 1. The molecule has 1 aliphatic heterocycles. The number of halogens is 1. The summed E-state index contributed by atoms with van der Waals surface area (Å²) in [6, 6.07) is 3.62. The number of amides is 1. The van der Waals surface area contributed by atoms with E-state index in [4.69, 9.17) is 4.74 Å². The average Bonchev–Trinajstić information content (AvgIpc) is 2.40. The number of hydrogen-bond donors (Lipinski definition) is 1. The molecule has 0 radical (unpaired) electrons. The molecule has 1 amide bonds. The second kappa shape index (κ2) is 7.57. The highest BCUT2D eigenvalue weighted by Crippen LogP contribution is 2.13. The van der Waals surface area contributed by atoms with Crippen molar-refractivity contribution in [3.8, 4) is 0 Å². The third kappa shape index (κ3) is 5.26. The van der Waals surface area contributed by atoms with Gasteiger partial charge in [-0.25, -0.2) is 4.98 Å². The van der Waals surface area contributed by atoms with Gasteiger partial charge in [0.25, 0.3) is 0 Å². The molecule has 1 aliphatic rings. The van der Waals surface area contributed by atoms with Gasteiger partial charge in [0.15, 0.2) is 0 Å². The molecule has 6 heteroatoms. The van der Waals surface area contributed by atoms with Crippen LogP contribution in [0.3, 0.4) is 0 Å². The van der Waals surface area contributed by atoms with Crippen LogP contribution in [0.2, 0.25) is 0 Å². The van der Waals surface area contributed by atoms with Gasteiger partial charge in [0.1, 0.15) is 5.82 Å². The molecule has 104 valence electrons. The Morgan fingerprint density at radius 2 is 2.26 bits per heavy atom. The summed E-state index contributed by atoms with van der Waals surface area (Å²) < 4.78 is 6.19. The standard InChI is InChI=1S/C13H18BrN3O2/c14-11-3-4-15-12(10-11)16-13(18)2-1-5-17-6-8-19-9-7-17/h3-4,10H,1-2,5-9H2,(H,15,16,18). The van der Waals surface area contributed by atoms with Crippen molar-refractivity contribution in [2.24, 2.45) is 0 Å². The molecule has 0 atom stereocenters. The maximum Gasteiger partial charge on any atom is 0.225 e. The van der Waals surface area contributed by atoms with E-state index in [2.05, 4.69) is 31.1 Å². The molecule has 0 unspecified atom stereocenters. The SMILES string of the molecule is O=C(CCCN1CCOCC1)Nc1cc(Br)ccn1. The topological polar surface area (TPSA) is 54.5 Å². The van der Waals surface area contributed by atoms with E-state index in [9.17, 15) is 4.79 Å². The number of carbonyl (C=O) groups is 1. The average molecular weight is 328 g/mol. The highest BCUT2D eigenvalue weighted by atomic mass is 79.9. The summed E-state index contributed by atoms with van der Waals surface area (Å²) >= 11 is 3.35. The molecule has 5 nitrogen and oxygen atoms in total. The number of anilines is 1. The molecule has 2 rings (SSSR count). The summed E-state index contributed by atoms with van der Waals surface area (Å²) in [5.74, 6) is 0.601. The minimum absolute atomic E-state index is 0.0128. The van der Waals surface area contributed by atoms with E-state index in [-0.39, 0.29) is 5.91 Å². The second-order valence-electron chi connectivity index (χ2n) is 4.47. The lowest BCUT2D eigenvalue weighted by Crippen LogP contribution is -2.37. The summed E-state index contributed by atoms with van der Waals surface area (Å²) in [5, 5.41) is 2.80. The Kier molecular flexibility index (Phi) is 5.75. The number of nitrogens with one attached hydrogen (secondary N) is 1. The first kappa shape index (κ1) is 14.4. The monoisotopic (exact) mass is 327 g/mol. The molecular formula is C13H18BrN3O2. The van der Waals surface area contributed by atoms with Crippen molar-refractivity contribution in [2.45, 2.75) is 12.8 Å². The van der Waals surface area contributed by atoms with Gasteiger partial charge < -0.3 is 10.1 Å². The second-order valence-corrected chi connectivity index (χ2v) is 5.38. The number of rotatable bonds is 5. The van der Waals surface area contributed by atoms with Crippen LogP contribution in [-0.4, -0.2) is 48.6 Å². The normalized spacial score (nSPS) is 16.3. The van der Waals surface area contributed by atoms with Crippen molar-refractivity contribution in [3.05, 3.63) is 22.8 Å². The number of carbonyl (C=O) groups excluding carboxylic acids is 1. The van der Waals surface area contributed by atoms with Crippen LogP contribution in [0.4, 0.5) is 5.82 Å². The molecule has 1 aromatic rings. The fourth-order valence-corrected chi connectivity index (χ4v) is 2.30. The van der Waals surface area contributed by atoms with Crippen molar-refractivity contribution in [1.29, 1.82) is 0 Å². The molecule has 19 heavy (non-hydrogen) atoms. The fraction of sp³-hybridized carbons (Fsp3) is 0.538. The first-order chi connectivity index (χ1) is 9.24. The summed E-state index contributed by atoms with van der Waals surface area (Å²) in [4.78, 5) is 18.2. The van der Waals surface area contributed by atoms with E-state index in [1.165, 1.54) is 0 Å². The van der Waals surface area contributed by atoms with E-state index in [1.54, 1.807) is 12.3 Å². The lowest BCUT2D eigenvalue weighted by Gasteiger charge is -2.26. The van der Waals surface area contributed by atoms with Crippen LogP contribution in [0.1, 0.15) is 12.8 Å². The minimum atomic E-state index is 0.0128. The van der Waals surface area contributed by atoms with Crippen LogP contribution < -0.4 is 5.32 Å². The van der Waals surface area contributed by atoms with E-state index >= 15 is 0 Å². The van der Waals surface area contributed by atoms with Crippen molar-refractivity contribution >= 4 is 27.7 Å². The molecule has 1 N–H and O–H groups in total. The smallest absolute Gasteiger partial charge is 0.225 e. The Hall–Kier alpha value is -0.980. The Labute approximate surface area is 121 Å². The van der Waals surface area contributed by atoms with Crippen molar-refractivity contribution in [1.82, 2.24) is 9.88 Å². The van der Waals surface area contributed by atoms with Gasteiger partial charge in [-0.3, -0.25) is 9.69 Å². The number of aromatic nitrogens is 1. The van der Waals surface area contributed by atoms with Crippen molar-refractivity contribution < 1.29 is 9.53 Å². The highest BCUT2D eigenvalue weighted by Gasteiger charge is 2.10. The van der Waals surface area contributed by atoms with Gasteiger partial charge in [-0.05, 0) is 25.1 Å². The first-order valence-electron chi connectivity index (χ1n) is 6.45. The molecule has 2 heterocycles. The van der Waals surface area contributed by atoms with Gasteiger partial charge in [0, 0.05) is 30.2 Å². The Morgan fingerprint density at radius 3 is 3.00 bits per heavy atom. The van der Waals surface area contributed by atoms with Crippen molar-refractivity contribution in [2.75, 3.05) is 38.2 Å². The van der Waals surface area contributed by atoms with E-state index in [0.717, 1.165) is 43.7 Å². The number of nitrogens with zero attached hydrogens (tertiary/aromatic N) is 2. The molecule has 0 aromatic carbocycles. The lowest BCUT2D eigenvalue weighted by atomic mass is 10.2. The summed E-state index contributed by atoms with van der Waals surface area (Å²) in [7, 11) is 0. The molecule has 0 bridgehead atoms. The predicted molar refractivity (Wildman–Crippen MR) is 77.1 cm³/mol. The van der Waals surface area contributed by atoms with Crippen LogP contribution in [0.5, 0.6) is 0 Å². The zero-order valence-corrected chi connectivity index (χ0v) is 12.4. The lowest BCUT2D eigenvalue weighted by molar-refractivity contribution is -0.116. The van der Waals surface area contributed by atoms with Gasteiger partial charge in [-0.2, -0.15) is 0 Å². The van der Waals surface area contributed by atoms with Gasteiger partial charge in [0.2, 0.25) is 5.91 Å². The number of morpholine rings is 1. The van der Waals surface area contributed by atoms with E-state index in [0.29, 0.717) is 12.2 Å². The maximum atomic E-state index is 11.8. The fourth-order valence-electron chi connectivity index (χ4n) is 1.97. The third-order valence-electron chi connectivity index (χ3n) is 2.97. The van der Waals surface area contributed by atoms with Gasteiger partial charge in [-0.15, -0.1) is 0 Å². The van der Waals surface area contributed by atoms with Gasteiger partial charge in [-0.1, -0.05) is 15.9 Å². The van der Waals surface area contributed by atoms with Crippen LogP contribution in [0.25, 0.3) is 0 Å². The number of hydrogen-bond acceptors (Lipinski definition) is 4. The minimum Gasteiger partial charge on any atom is -0.379 e. The maximum absolute atomic E-state index is 11.8. The Morgan fingerprint density at radius 1 is 1.47 bits per heavy atom. The van der Waals surface area contributed by atoms with Crippen LogP contribution in [0, 0.1) is 0 Å². The molecule has 0 saturated carbocycles. The van der Waals surface area contributed by atoms with Crippen LogP contribution in [-0.2, 0) is 9.53 Å². The summed E-state index contributed by atoms with van der Waals surface area (Å²) in [5.41, 5.74) is 0. The van der Waals surface area contributed by atoms with Gasteiger partial charge >= 0.3 is 0 Å². The molecule has 0 spiro atoms. The number of ether oxygens (including phenoxy) is 1.